The van der Waals surface area contributed by atoms with E-state index < -0.39 is 5.60 Å². The van der Waals surface area contributed by atoms with Gasteiger partial charge in [0.1, 0.15) is 11.4 Å². The van der Waals surface area contributed by atoms with Gasteiger partial charge in [-0.15, -0.1) is 0 Å². The van der Waals surface area contributed by atoms with E-state index in [1.54, 1.807) is 13.8 Å². The fourth-order valence-corrected chi connectivity index (χ4v) is 2.41. The van der Waals surface area contributed by atoms with Gasteiger partial charge < -0.3 is 14.8 Å². The van der Waals surface area contributed by atoms with E-state index >= 15 is 0 Å². The molecule has 4 nitrogen and oxygen atoms in total. The van der Waals surface area contributed by atoms with Crippen LogP contribution in [-0.4, -0.2) is 24.7 Å². The van der Waals surface area contributed by atoms with Crippen molar-refractivity contribution in [2.75, 3.05) is 18.5 Å². The summed E-state index contributed by atoms with van der Waals surface area (Å²) >= 11 is 0. The SMILES string of the molecule is CCCOc1ccc(NC(=O)C(C)(C)OCCC)c2ccccc12. The van der Waals surface area contributed by atoms with Gasteiger partial charge in [0.2, 0.25) is 0 Å². The van der Waals surface area contributed by atoms with Crippen molar-refractivity contribution in [1.82, 2.24) is 0 Å². The molecule has 0 bridgehead atoms. The lowest BCUT2D eigenvalue weighted by Gasteiger charge is -2.24. The monoisotopic (exact) mass is 329 g/mol. The smallest absolute Gasteiger partial charge is 0.256 e. The first-order chi connectivity index (χ1) is 11.5. The summed E-state index contributed by atoms with van der Waals surface area (Å²) in [6, 6.07) is 11.7. The zero-order chi connectivity index (χ0) is 17.6. The molecule has 2 aromatic rings. The summed E-state index contributed by atoms with van der Waals surface area (Å²) in [5, 5.41) is 4.96. The van der Waals surface area contributed by atoms with Crippen LogP contribution in [0, 0.1) is 0 Å². The molecular formula is C20H27NO3. The van der Waals surface area contributed by atoms with E-state index in [1.807, 2.05) is 43.3 Å². The van der Waals surface area contributed by atoms with E-state index in [2.05, 4.69) is 12.2 Å². The number of hydrogen-bond acceptors (Lipinski definition) is 3. The molecule has 0 saturated carbocycles. The van der Waals surface area contributed by atoms with Gasteiger partial charge in [-0.2, -0.15) is 0 Å². The first kappa shape index (κ1) is 18.3. The van der Waals surface area contributed by atoms with Crippen LogP contribution in [0.2, 0.25) is 0 Å². The predicted octanol–water partition coefficient (Wildman–Crippen LogP) is 4.77. The molecule has 130 valence electrons. The van der Waals surface area contributed by atoms with Gasteiger partial charge in [-0.3, -0.25) is 4.79 Å². The third-order valence-corrected chi connectivity index (χ3v) is 3.81. The molecular weight excluding hydrogens is 302 g/mol. The normalized spacial score (nSPS) is 11.5. The highest BCUT2D eigenvalue weighted by Crippen LogP contribution is 2.32. The number of carbonyl (C=O) groups excluding carboxylic acids is 1. The summed E-state index contributed by atoms with van der Waals surface area (Å²) < 4.78 is 11.5. The molecule has 24 heavy (non-hydrogen) atoms. The average Bonchev–Trinajstić information content (AvgIpc) is 2.59. The van der Waals surface area contributed by atoms with Gasteiger partial charge in [0.25, 0.3) is 5.91 Å². The number of fused-ring (bicyclic) bond motifs is 1. The molecule has 0 radical (unpaired) electrons. The topological polar surface area (TPSA) is 47.6 Å². The molecule has 2 rings (SSSR count). The number of amides is 1. The molecule has 0 atom stereocenters. The highest BCUT2D eigenvalue weighted by molar-refractivity contribution is 6.06. The molecule has 0 spiro atoms. The second kappa shape index (κ2) is 8.15. The van der Waals surface area contributed by atoms with E-state index in [0.717, 1.165) is 35.1 Å². The summed E-state index contributed by atoms with van der Waals surface area (Å²) in [5.74, 6) is 0.690. The standard InChI is InChI=1S/C20H27NO3/c1-5-13-23-18-12-11-17(15-9-7-8-10-16(15)18)21-19(22)20(3,4)24-14-6-2/h7-12H,5-6,13-14H2,1-4H3,(H,21,22). The molecule has 0 aliphatic heterocycles. The molecule has 0 unspecified atom stereocenters. The first-order valence-corrected chi connectivity index (χ1v) is 8.59. The second-order valence-electron chi connectivity index (χ2n) is 6.32. The zero-order valence-electron chi connectivity index (χ0n) is 15.0. The van der Waals surface area contributed by atoms with Crippen LogP contribution in [-0.2, 0) is 9.53 Å². The molecule has 4 heteroatoms. The number of rotatable bonds is 8. The highest BCUT2D eigenvalue weighted by Gasteiger charge is 2.28. The van der Waals surface area contributed by atoms with E-state index in [4.69, 9.17) is 9.47 Å². The van der Waals surface area contributed by atoms with Crippen LogP contribution in [0.3, 0.4) is 0 Å². The van der Waals surface area contributed by atoms with Crippen molar-refractivity contribution in [3.63, 3.8) is 0 Å². The van der Waals surface area contributed by atoms with Crippen LogP contribution >= 0.6 is 0 Å². The van der Waals surface area contributed by atoms with E-state index in [0.29, 0.717) is 13.2 Å². The minimum Gasteiger partial charge on any atom is -0.493 e. The Morgan fingerprint density at radius 2 is 1.67 bits per heavy atom. The summed E-state index contributed by atoms with van der Waals surface area (Å²) in [6.07, 6.45) is 1.83. The van der Waals surface area contributed by atoms with Crippen LogP contribution < -0.4 is 10.1 Å². The Morgan fingerprint density at radius 3 is 2.33 bits per heavy atom. The minimum absolute atomic E-state index is 0.150. The van der Waals surface area contributed by atoms with Gasteiger partial charge in [0.15, 0.2) is 0 Å². The fraction of sp³-hybridized carbons (Fsp3) is 0.450. The van der Waals surface area contributed by atoms with Gasteiger partial charge in [-0.1, -0.05) is 38.1 Å². The zero-order valence-corrected chi connectivity index (χ0v) is 15.0. The molecule has 0 aliphatic carbocycles. The van der Waals surface area contributed by atoms with Crippen molar-refractivity contribution in [2.45, 2.75) is 46.1 Å². The molecule has 0 saturated heterocycles. The second-order valence-corrected chi connectivity index (χ2v) is 6.32. The van der Waals surface area contributed by atoms with Crippen molar-refractivity contribution < 1.29 is 14.3 Å². The highest BCUT2D eigenvalue weighted by atomic mass is 16.5. The Bertz CT molecular complexity index is 694. The van der Waals surface area contributed by atoms with Crippen LogP contribution in [0.15, 0.2) is 36.4 Å². The number of ether oxygens (including phenoxy) is 2. The van der Waals surface area contributed by atoms with Crippen molar-refractivity contribution in [3.05, 3.63) is 36.4 Å². The number of nitrogens with one attached hydrogen (secondary N) is 1. The summed E-state index contributed by atoms with van der Waals surface area (Å²) in [6.45, 7) is 8.92. The number of anilines is 1. The maximum atomic E-state index is 12.6. The molecule has 0 aromatic heterocycles. The Hall–Kier alpha value is -2.07. The molecule has 0 fully saturated rings. The van der Waals surface area contributed by atoms with Gasteiger partial charge in [-0.25, -0.2) is 0 Å². The quantitative estimate of drug-likeness (QED) is 0.758. The lowest BCUT2D eigenvalue weighted by atomic mass is 10.1. The third kappa shape index (κ3) is 4.26. The van der Waals surface area contributed by atoms with Crippen LogP contribution in [0.5, 0.6) is 5.75 Å². The van der Waals surface area contributed by atoms with Crippen molar-refractivity contribution in [3.8, 4) is 5.75 Å². The summed E-state index contributed by atoms with van der Waals surface area (Å²) in [5.41, 5.74) is -0.0956. The van der Waals surface area contributed by atoms with Crippen LogP contribution in [0.25, 0.3) is 10.8 Å². The van der Waals surface area contributed by atoms with E-state index in [9.17, 15) is 4.79 Å². The lowest BCUT2D eigenvalue weighted by Crippen LogP contribution is -2.40. The first-order valence-electron chi connectivity index (χ1n) is 8.59. The Morgan fingerprint density at radius 1 is 1.00 bits per heavy atom. The largest absolute Gasteiger partial charge is 0.493 e. The minimum atomic E-state index is -0.867. The summed E-state index contributed by atoms with van der Waals surface area (Å²) in [7, 11) is 0. The molecule has 1 N–H and O–H groups in total. The maximum Gasteiger partial charge on any atom is 0.256 e. The Labute approximate surface area is 144 Å². The van der Waals surface area contributed by atoms with Gasteiger partial charge in [-0.05, 0) is 38.8 Å². The lowest BCUT2D eigenvalue weighted by molar-refractivity contribution is -0.137. The van der Waals surface area contributed by atoms with Crippen LogP contribution in [0.1, 0.15) is 40.5 Å². The molecule has 0 heterocycles. The predicted molar refractivity (Wildman–Crippen MR) is 98.7 cm³/mol. The number of benzene rings is 2. The summed E-state index contributed by atoms with van der Waals surface area (Å²) in [4.78, 5) is 12.6. The average molecular weight is 329 g/mol. The number of carbonyl (C=O) groups is 1. The van der Waals surface area contributed by atoms with E-state index in [1.165, 1.54) is 0 Å². The van der Waals surface area contributed by atoms with Gasteiger partial charge >= 0.3 is 0 Å². The van der Waals surface area contributed by atoms with Crippen LogP contribution in [0.4, 0.5) is 5.69 Å². The van der Waals surface area contributed by atoms with Crippen molar-refractivity contribution in [2.24, 2.45) is 0 Å². The van der Waals surface area contributed by atoms with E-state index in [-0.39, 0.29) is 5.91 Å². The Balaban J connectivity index is 2.28. The van der Waals surface area contributed by atoms with Crippen molar-refractivity contribution in [1.29, 1.82) is 0 Å². The third-order valence-electron chi connectivity index (χ3n) is 3.81. The van der Waals surface area contributed by atoms with Crippen molar-refractivity contribution >= 4 is 22.4 Å². The fourth-order valence-electron chi connectivity index (χ4n) is 2.41. The molecule has 0 aliphatic rings. The van der Waals surface area contributed by atoms with Gasteiger partial charge in [0.05, 0.1) is 6.61 Å². The number of hydrogen-bond donors (Lipinski definition) is 1. The molecule has 2 aromatic carbocycles. The molecule has 1 amide bonds. The Kier molecular flexibility index (Phi) is 6.21. The maximum absolute atomic E-state index is 12.6. The van der Waals surface area contributed by atoms with Gasteiger partial charge in [0, 0.05) is 23.1 Å².